The quantitative estimate of drug-likeness (QED) is 0.462. The molecule has 1 aliphatic carbocycles. The first-order valence-corrected chi connectivity index (χ1v) is 13.0. The number of nitrogens with zero attached hydrogens (tertiary/aromatic N) is 1. The molecule has 1 atom stereocenters. The van der Waals surface area contributed by atoms with E-state index in [9.17, 15) is 14.0 Å². The molecule has 2 aromatic carbocycles. The Morgan fingerprint density at radius 1 is 1.06 bits per heavy atom. The van der Waals surface area contributed by atoms with Gasteiger partial charge in [-0.3, -0.25) is 9.59 Å². The van der Waals surface area contributed by atoms with Gasteiger partial charge >= 0.3 is 0 Å². The summed E-state index contributed by atoms with van der Waals surface area (Å²) in [5.74, 6) is 0.431. The minimum atomic E-state index is -0.556. The van der Waals surface area contributed by atoms with Crippen LogP contribution in [0.5, 0.6) is 0 Å². The zero-order chi connectivity index (χ0) is 22.9. The third-order valence-electron chi connectivity index (χ3n) is 5.79. The van der Waals surface area contributed by atoms with E-state index in [1.165, 1.54) is 30.3 Å². The van der Waals surface area contributed by atoms with Crippen molar-refractivity contribution in [1.82, 2.24) is 10.2 Å². The standard InChI is InChI=1S/C25H30BrFN2O2S/c1-18(25(31)28-23-5-3-2-4-6-23)29(15-19-7-11-21(26)12-8-19)24(30)17-32-16-20-9-13-22(27)14-10-20/h7-14,18,23H,2-6,15-17H2,1H3,(H,28,31). The van der Waals surface area contributed by atoms with Crippen LogP contribution < -0.4 is 5.32 Å². The molecule has 0 heterocycles. The van der Waals surface area contributed by atoms with E-state index < -0.39 is 6.04 Å². The Balaban J connectivity index is 1.64. The number of carbonyl (C=O) groups excluding carboxylic acids is 2. The molecule has 0 aromatic heterocycles. The second-order valence-electron chi connectivity index (χ2n) is 8.29. The third-order valence-corrected chi connectivity index (χ3v) is 7.31. The summed E-state index contributed by atoms with van der Waals surface area (Å²) in [6, 6.07) is 13.8. The summed E-state index contributed by atoms with van der Waals surface area (Å²) in [5.41, 5.74) is 1.94. The molecule has 2 amide bonds. The summed E-state index contributed by atoms with van der Waals surface area (Å²) in [7, 11) is 0. The Kier molecular flexibility index (Phi) is 9.60. The molecular weight excluding hydrogens is 491 g/mol. The van der Waals surface area contributed by atoms with Crippen LogP contribution in [0.2, 0.25) is 0 Å². The largest absolute Gasteiger partial charge is 0.352 e. The zero-order valence-electron chi connectivity index (χ0n) is 18.4. The first-order chi connectivity index (χ1) is 15.4. The fourth-order valence-electron chi connectivity index (χ4n) is 3.86. The van der Waals surface area contributed by atoms with Crippen molar-refractivity contribution in [1.29, 1.82) is 0 Å². The van der Waals surface area contributed by atoms with E-state index in [0.717, 1.165) is 41.3 Å². The van der Waals surface area contributed by atoms with Crippen LogP contribution in [-0.4, -0.2) is 34.6 Å². The molecule has 2 aromatic rings. The smallest absolute Gasteiger partial charge is 0.242 e. The van der Waals surface area contributed by atoms with Crippen molar-refractivity contribution in [3.63, 3.8) is 0 Å². The lowest BCUT2D eigenvalue weighted by molar-refractivity contribution is -0.139. The van der Waals surface area contributed by atoms with Gasteiger partial charge in [0.2, 0.25) is 11.8 Å². The van der Waals surface area contributed by atoms with Crippen molar-refractivity contribution >= 4 is 39.5 Å². The van der Waals surface area contributed by atoms with Gasteiger partial charge in [-0.25, -0.2) is 4.39 Å². The van der Waals surface area contributed by atoms with Crippen LogP contribution in [0, 0.1) is 5.82 Å². The van der Waals surface area contributed by atoms with Gasteiger partial charge in [-0.05, 0) is 55.2 Å². The molecule has 0 spiro atoms. The maximum absolute atomic E-state index is 13.2. The van der Waals surface area contributed by atoms with Crippen LogP contribution in [0.25, 0.3) is 0 Å². The highest BCUT2D eigenvalue weighted by atomic mass is 79.9. The number of amides is 2. The Morgan fingerprint density at radius 3 is 2.34 bits per heavy atom. The summed E-state index contributed by atoms with van der Waals surface area (Å²) in [4.78, 5) is 27.8. The van der Waals surface area contributed by atoms with Crippen molar-refractivity contribution < 1.29 is 14.0 Å². The van der Waals surface area contributed by atoms with E-state index in [2.05, 4.69) is 21.2 Å². The van der Waals surface area contributed by atoms with Gasteiger partial charge in [0, 0.05) is 22.8 Å². The molecule has 0 radical (unpaired) electrons. The minimum Gasteiger partial charge on any atom is -0.352 e. The Labute approximate surface area is 202 Å². The normalized spacial score (nSPS) is 15.2. The molecule has 1 unspecified atom stereocenters. The van der Waals surface area contributed by atoms with Gasteiger partial charge in [0.05, 0.1) is 5.75 Å². The maximum Gasteiger partial charge on any atom is 0.242 e. The number of halogens is 2. The highest BCUT2D eigenvalue weighted by molar-refractivity contribution is 9.10. The Hall–Kier alpha value is -1.86. The van der Waals surface area contributed by atoms with Crippen LogP contribution in [0.1, 0.15) is 50.2 Å². The lowest BCUT2D eigenvalue weighted by Gasteiger charge is -2.31. The predicted molar refractivity (Wildman–Crippen MR) is 132 cm³/mol. The minimum absolute atomic E-state index is 0.0775. The summed E-state index contributed by atoms with van der Waals surface area (Å²) in [6.07, 6.45) is 5.52. The fraction of sp³-hybridized carbons (Fsp3) is 0.440. The Bertz CT molecular complexity index is 886. The molecule has 1 aliphatic rings. The van der Waals surface area contributed by atoms with Crippen LogP contribution in [-0.2, 0) is 21.9 Å². The molecule has 1 fully saturated rings. The lowest BCUT2D eigenvalue weighted by atomic mass is 9.95. The first-order valence-electron chi connectivity index (χ1n) is 11.1. The van der Waals surface area contributed by atoms with Gasteiger partial charge in [0.1, 0.15) is 11.9 Å². The molecule has 3 rings (SSSR count). The highest BCUT2D eigenvalue weighted by Gasteiger charge is 2.28. The van der Waals surface area contributed by atoms with E-state index in [-0.39, 0.29) is 29.4 Å². The summed E-state index contributed by atoms with van der Waals surface area (Å²) < 4.78 is 14.1. The summed E-state index contributed by atoms with van der Waals surface area (Å²) >= 11 is 4.91. The van der Waals surface area contributed by atoms with E-state index in [1.807, 2.05) is 24.3 Å². The third kappa shape index (κ3) is 7.62. The van der Waals surface area contributed by atoms with Gasteiger partial charge in [-0.1, -0.05) is 59.5 Å². The zero-order valence-corrected chi connectivity index (χ0v) is 20.8. The van der Waals surface area contributed by atoms with Crippen molar-refractivity contribution in [2.24, 2.45) is 0 Å². The monoisotopic (exact) mass is 520 g/mol. The van der Waals surface area contributed by atoms with E-state index in [0.29, 0.717) is 12.3 Å². The van der Waals surface area contributed by atoms with Crippen molar-refractivity contribution in [2.75, 3.05) is 5.75 Å². The van der Waals surface area contributed by atoms with E-state index in [1.54, 1.807) is 24.0 Å². The van der Waals surface area contributed by atoms with Gasteiger partial charge in [0.25, 0.3) is 0 Å². The van der Waals surface area contributed by atoms with Crippen molar-refractivity contribution in [2.45, 2.75) is 63.4 Å². The molecule has 172 valence electrons. The molecular formula is C25H30BrFN2O2S. The van der Waals surface area contributed by atoms with Gasteiger partial charge < -0.3 is 10.2 Å². The van der Waals surface area contributed by atoms with Crippen LogP contribution in [0.4, 0.5) is 4.39 Å². The SMILES string of the molecule is CC(C(=O)NC1CCCCC1)N(Cc1ccc(Br)cc1)C(=O)CSCc1ccc(F)cc1. The molecule has 7 heteroatoms. The molecule has 4 nitrogen and oxygen atoms in total. The average molecular weight is 521 g/mol. The van der Waals surface area contributed by atoms with Gasteiger partial charge in [-0.2, -0.15) is 0 Å². The maximum atomic E-state index is 13.2. The van der Waals surface area contributed by atoms with Gasteiger partial charge in [-0.15, -0.1) is 11.8 Å². The number of rotatable bonds is 9. The first kappa shape index (κ1) is 24.8. The molecule has 1 N–H and O–H groups in total. The second-order valence-corrected chi connectivity index (χ2v) is 10.2. The summed E-state index contributed by atoms with van der Waals surface area (Å²) in [6.45, 7) is 2.18. The van der Waals surface area contributed by atoms with Crippen molar-refractivity contribution in [3.8, 4) is 0 Å². The fourth-order valence-corrected chi connectivity index (χ4v) is 4.99. The molecule has 0 saturated heterocycles. The van der Waals surface area contributed by atoms with Gasteiger partial charge in [0.15, 0.2) is 0 Å². The van der Waals surface area contributed by atoms with E-state index >= 15 is 0 Å². The van der Waals surface area contributed by atoms with Crippen LogP contribution in [0.15, 0.2) is 53.0 Å². The molecule has 32 heavy (non-hydrogen) atoms. The second kappa shape index (κ2) is 12.4. The van der Waals surface area contributed by atoms with Crippen LogP contribution >= 0.6 is 27.7 Å². The van der Waals surface area contributed by atoms with E-state index in [4.69, 9.17) is 0 Å². The number of benzene rings is 2. The number of hydrogen-bond acceptors (Lipinski definition) is 3. The lowest BCUT2D eigenvalue weighted by Crippen LogP contribution is -2.50. The summed E-state index contributed by atoms with van der Waals surface area (Å²) in [5, 5.41) is 3.15. The highest BCUT2D eigenvalue weighted by Crippen LogP contribution is 2.20. The number of carbonyl (C=O) groups is 2. The molecule has 1 saturated carbocycles. The predicted octanol–water partition coefficient (Wildman–Crippen LogP) is 5.69. The van der Waals surface area contributed by atoms with Crippen LogP contribution in [0.3, 0.4) is 0 Å². The van der Waals surface area contributed by atoms with Crippen molar-refractivity contribution in [3.05, 3.63) is 69.9 Å². The number of hydrogen-bond donors (Lipinski definition) is 1. The molecule has 0 bridgehead atoms. The number of nitrogens with one attached hydrogen (secondary N) is 1. The number of thioether (sulfide) groups is 1. The Morgan fingerprint density at radius 2 is 1.69 bits per heavy atom. The average Bonchev–Trinajstić information content (AvgIpc) is 2.80. The topological polar surface area (TPSA) is 49.4 Å². The molecule has 0 aliphatic heterocycles.